The number of hydrogen-bond donors (Lipinski definition) is 2. The molecule has 0 radical (unpaired) electrons. The van der Waals surface area contributed by atoms with Crippen LogP contribution in [0.3, 0.4) is 0 Å². The summed E-state index contributed by atoms with van der Waals surface area (Å²) in [5.74, 6) is -2.66. The monoisotopic (exact) mass is 542 g/mol. The number of nitrogens with zero attached hydrogens (tertiary/aromatic N) is 1. The maximum absolute atomic E-state index is 12.6. The van der Waals surface area contributed by atoms with Crippen LogP contribution < -0.4 is 10.2 Å². The highest BCUT2D eigenvalue weighted by Crippen LogP contribution is 2.26. The Morgan fingerprint density at radius 2 is 1.30 bits per heavy atom. The second-order valence-electron chi connectivity index (χ2n) is 10.2. The molecule has 0 aliphatic heterocycles. The molecule has 0 aliphatic carbocycles. The molecule has 0 fully saturated rings. The highest BCUT2D eigenvalue weighted by molar-refractivity contribution is 6.37. The molecular weight excluding hydrogens is 500 g/mol. The van der Waals surface area contributed by atoms with Gasteiger partial charge < -0.3 is 10.4 Å². The van der Waals surface area contributed by atoms with Gasteiger partial charge >= 0.3 is 11.9 Å². The fourth-order valence-corrected chi connectivity index (χ4v) is 4.74. The Kier molecular flexibility index (Phi) is 12.9. The molecule has 0 heterocycles. The molecule has 2 N–H and O–H groups in total. The lowest BCUT2D eigenvalue weighted by Gasteiger charge is -2.22. The minimum atomic E-state index is -1.52. The Balaban J connectivity index is 1.51. The van der Waals surface area contributed by atoms with Crippen molar-refractivity contribution < 1.29 is 19.5 Å². The third-order valence-corrected chi connectivity index (χ3v) is 7.07. The summed E-state index contributed by atoms with van der Waals surface area (Å²) in [7, 11) is 0. The lowest BCUT2D eigenvalue weighted by Crippen LogP contribution is -2.36. The first kappa shape index (κ1) is 30.6. The van der Waals surface area contributed by atoms with E-state index in [1.807, 2.05) is 48.5 Å². The minimum Gasteiger partial charge on any atom is -0.474 e. The van der Waals surface area contributed by atoms with Gasteiger partial charge in [-0.25, -0.2) is 4.79 Å². The molecule has 0 unspecified atom stereocenters. The van der Waals surface area contributed by atoms with Gasteiger partial charge in [-0.2, -0.15) is 0 Å². The summed E-state index contributed by atoms with van der Waals surface area (Å²) in [6.45, 7) is 2.96. The van der Waals surface area contributed by atoms with E-state index in [0.29, 0.717) is 17.8 Å². The number of nitrogens with one attached hydrogen (secondary N) is 1. The highest BCUT2D eigenvalue weighted by atomic mass is 16.4. The van der Waals surface area contributed by atoms with Crippen molar-refractivity contribution in [2.75, 3.05) is 11.4 Å². The van der Waals surface area contributed by atoms with Crippen LogP contribution in [0.1, 0.15) is 87.1 Å². The molecule has 0 bridgehead atoms. The number of carbonyl (C=O) groups excluding carboxylic acids is 2. The Hall–Kier alpha value is -3.93. The topological polar surface area (TPSA) is 86.7 Å². The van der Waals surface area contributed by atoms with Crippen molar-refractivity contribution in [1.29, 1.82) is 0 Å². The minimum absolute atomic E-state index is 0.0733. The Morgan fingerprint density at radius 1 is 0.700 bits per heavy atom. The van der Waals surface area contributed by atoms with Gasteiger partial charge in [0.05, 0.1) is 6.54 Å². The second kappa shape index (κ2) is 16.9. The van der Waals surface area contributed by atoms with E-state index >= 15 is 0 Å². The van der Waals surface area contributed by atoms with Gasteiger partial charge in [0.15, 0.2) is 0 Å². The molecule has 3 aromatic carbocycles. The first-order valence-electron chi connectivity index (χ1n) is 14.6. The zero-order chi connectivity index (χ0) is 28.6. The zero-order valence-electron chi connectivity index (χ0n) is 23.6. The first-order chi connectivity index (χ1) is 19.5. The number of amides is 2. The molecule has 0 saturated carbocycles. The Bertz CT molecular complexity index is 1210. The molecular formula is C34H42N2O4. The quantitative estimate of drug-likeness (QED) is 0.144. The summed E-state index contributed by atoms with van der Waals surface area (Å²) < 4.78 is 0. The molecule has 0 spiro atoms. The number of anilines is 1. The lowest BCUT2D eigenvalue weighted by molar-refractivity contribution is -0.148. The molecule has 2 amide bonds. The summed E-state index contributed by atoms with van der Waals surface area (Å²) in [4.78, 5) is 38.0. The van der Waals surface area contributed by atoms with E-state index < -0.39 is 11.9 Å². The van der Waals surface area contributed by atoms with Crippen LogP contribution in [0, 0.1) is 0 Å². The number of aliphatic carboxylic acids is 1. The standard InChI is InChI=1S/C34H42N2O4/c1-2-3-4-5-6-7-8-9-10-14-24-35-32(37)29-22-20-27(21-23-29)26-36(33(38)34(39)40)31-19-15-18-30(25-31)28-16-12-11-13-17-28/h11-13,15-23,25H,2-10,14,24,26H2,1H3,(H,35,37)(H,39,40). The average Bonchev–Trinajstić information content (AvgIpc) is 2.99. The fraction of sp³-hybridized carbons (Fsp3) is 0.382. The van der Waals surface area contributed by atoms with Crippen molar-refractivity contribution in [2.45, 2.75) is 77.7 Å². The summed E-state index contributed by atoms with van der Waals surface area (Å²) in [5, 5.41) is 12.4. The maximum Gasteiger partial charge on any atom is 0.394 e. The molecule has 3 aromatic rings. The van der Waals surface area contributed by atoms with Gasteiger partial charge in [-0.15, -0.1) is 0 Å². The third kappa shape index (κ3) is 9.99. The predicted octanol–water partition coefficient (Wildman–Crippen LogP) is 7.62. The third-order valence-electron chi connectivity index (χ3n) is 7.07. The first-order valence-corrected chi connectivity index (χ1v) is 14.6. The van der Waals surface area contributed by atoms with Crippen LogP contribution in [0.5, 0.6) is 0 Å². The second-order valence-corrected chi connectivity index (χ2v) is 10.2. The molecule has 0 saturated heterocycles. The van der Waals surface area contributed by atoms with Gasteiger partial charge in [0.25, 0.3) is 5.91 Å². The SMILES string of the molecule is CCCCCCCCCCCCNC(=O)c1ccc(CN(C(=O)C(=O)O)c2cccc(-c3ccccc3)c2)cc1. The van der Waals surface area contributed by atoms with E-state index in [-0.39, 0.29) is 12.5 Å². The zero-order valence-corrected chi connectivity index (χ0v) is 23.6. The van der Waals surface area contributed by atoms with Crippen molar-refractivity contribution in [3.63, 3.8) is 0 Å². The number of carboxylic acid groups (broad SMARTS) is 1. The normalized spacial score (nSPS) is 10.7. The maximum atomic E-state index is 12.6. The molecule has 40 heavy (non-hydrogen) atoms. The summed E-state index contributed by atoms with van der Waals surface area (Å²) >= 11 is 0. The van der Waals surface area contributed by atoms with Gasteiger partial charge in [-0.1, -0.05) is 119 Å². The van der Waals surface area contributed by atoms with Gasteiger partial charge in [-0.3, -0.25) is 14.5 Å². The molecule has 6 nitrogen and oxygen atoms in total. The molecule has 0 aromatic heterocycles. The van der Waals surface area contributed by atoms with Crippen molar-refractivity contribution in [2.24, 2.45) is 0 Å². The van der Waals surface area contributed by atoms with Gasteiger partial charge in [0, 0.05) is 17.8 Å². The van der Waals surface area contributed by atoms with Crippen LogP contribution in [0.2, 0.25) is 0 Å². The average molecular weight is 543 g/mol. The van der Waals surface area contributed by atoms with Crippen LogP contribution in [0.15, 0.2) is 78.9 Å². The summed E-state index contributed by atoms with van der Waals surface area (Å²) in [6, 6.07) is 23.9. The molecule has 0 atom stereocenters. The van der Waals surface area contributed by atoms with Gasteiger partial charge in [-0.05, 0) is 47.4 Å². The van der Waals surface area contributed by atoms with Crippen LogP contribution in [-0.2, 0) is 16.1 Å². The lowest BCUT2D eigenvalue weighted by atomic mass is 10.0. The van der Waals surface area contributed by atoms with Gasteiger partial charge in [0.2, 0.25) is 0 Å². The molecule has 0 aliphatic rings. The van der Waals surface area contributed by atoms with E-state index in [0.717, 1.165) is 29.5 Å². The highest BCUT2D eigenvalue weighted by Gasteiger charge is 2.23. The van der Waals surface area contributed by atoms with Crippen LogP contribution in [0.25, 0.3) is 11.1 Å². The number of benzene rings is 3. The number of carboxylic acids is 1. The van der Waals surface area contributed by atoms with Crippen molar-refractivity contribution in [3.8, 4) is 11.1 Å². The fourth-order valence-electron chi connectivity index (χ4n) is 4.74. The van der Waals surface area contributed by atoms with Crippen LogP contribution in [-0.4, -0.2) is 29.4 Å². The number of unbranched alkanes of at least 4 members (excludes halogenated alkanes) is 9. The van der Waals surface area contributed by atoms with Crippen molar-refractivity contribution in [1.82, 2.24) is 5.32 Å². The van der Waals surface area contributed by atoms with E-state index in [2.05, 4.69) is 12.2 Å². The Labute approximate surface area is 238 Å². The summed E-state index contributed by atoms with van der Waals surface area (Å²) in [6.07, 6.45) is 12.5. The number of carbonyl (C=O) groups is 3. The van der Waals surface area contributed by atoms with Crippen molar-refractivity contribution >= 4 is 23.5 Å². The molecule has 212 valence electrons. The van der Waals surface area contributed by atoms with E-state index in [9.17, 15) is 19.5 Å². The molecule has 3 rings (SSSR count). The smallest absolute Gasteiger partial charge is 0.394 e. The van der Waals surface area contributed by atoms with E-state index in [4.69, 9.17) is 0 Å². The van der Waals surface area contributed by atoms with Crippen molar-refractivity contribution in [3.05, 3.63) is 90.0 Å². The Morgan fingerprint density at radius 3 is 1.93 bits per heavy atom. The van der Waals surface area contributed by atoms with E-state index in [1.165, 1.54) is 56.3 Å². The van der Waals surface area contributed by atoms with E-state index in [1.54, 1.807) is 30.3 Å². The predicted molar refractivity (Wildman–Crippen MR) is 161 cm³/mol. The molecule has 6 heteroatoms. The van der Waals surface area contributed by atoms with Gasteiger partial charge in [0.1, 0.15) is 0 Å². The van der Waals surface area contributed by atoms with Crippen LogP contribution >= 0.6 is 0 Å². The summed E-state index contributed by atoms with van der Waals surface area (Å²) in [5.41, 5.74) is 3.62. The number of rotatable bonds is 16. The largest absolute Gasteiger partial charge is 0.474 e. The van der Waals surface area contributed by atoms with Crippen LogP contribution in [0.4, 0.5) is 5.69 Å². The number of hydrogen-bond acceptors (Lipinski definition) is 3.